The Hall–Kier alpha value is -0.790. The van der Waals surface area contributed by atoms with Crippen LogP contribution in [0.15, 0.2) is 23.2 Å². The smallest absolute Gasteiger partial charge is 0.241 e. The van der Waals surface area contributed by atoms with Crippen molar-refractivity contribution in [2.45, 2.75) is 23.8 Å². The number of rotatable bonds is 3. The first-order valence-corrected chi connectivity index (χ1v) is 8.03. The number of nitrogens with zero attached hydrogens (tertiary/aromatic N) is 1. The Bertz CT molecular complexity index is 484. The number of pyridine rings is 1. The van der Waals surface area contributed by atoms with Crippen molar-refractivity contribution >= 4 is 27.6 Å². The van der Waals surface area contributed by atoms with Crippen molar-refractivity contribution in [1.82, 2.24) is 9.71 Å². The van der Waals surface area contributed by atoms with Crippen molar-refractivity contribution < 1.29 is 8.42 Å². The Balaban J connectivity index is 2.13. The maximum absolute atomic E-state index is 12.1. The molecule has 1 aliphatic rings. The first-order valence-electron chi connectivity index (χ1n) is 5.39. The van der Waals surface area contributed by atoms with Crippen LogP contribution in [0.1, 0.15) is 12.8 Å². The molecule has 0 aromatic carbocycles. The molecule has 0 atom stereocenters. The molecule has 1 saturated heterocycles. The fraction of sp³-hybridized carbons (Fsp3) is 0.500. The monoisotopic (exact) mass is 273 g/mol. The summed E-state index contributed by atoms with van der Waals surface area (Å²) in [4.78, 5) is 3.97. The Morgan fingerprint density at radius 2 is 2.12 bits per heavy atom. The second-order valence-corrected chi connectivity index (χ2v) is 6.86. The van der Waals surface area contributed by atoms with Crippen molar-refractivity contribution in [3.05, 3.63) is 18.3 Å². The van der Waals surface area contributed by atoms with Crippen molar-refractivity contribution in [2.75, 3.05) is 17.2 Å². The summed E-state index contributed by atoms with van der Waals surface area (Å²) in [6, 6.07) is 2.87. The minimum atomic E-state index is -3.46. The molecule has 1 aromatic rings. The van der Waals surface area contributed by atoms with Gasteiger partial charge < -0.3 is 5.73 Å². The van der Waals surface area contributed by atoms with Gasteiger partial charge >= 0.3 is 0 Å². The number of sulfonamides is 1. The molecule has 1 aliphatic heterocycles. The molecule has 0 radical (unpaired) electrons. The van der Waals surface area contributed by atoms with Crippen molar-refractivity contribution in [3.63, 3.8) is 0 Å². The highest BCUT2D eigenvalue weighted by atomic mass is 32.2. The summed E-state index contributed by atoms with van der Waals surface area (Å²) in [7, 11) is -3.46. The number of hydrogen-bond acceptors (Lipinski definition) is 5. The van der Waals surface area contributed by atoms with Crippen LogP contribution in [0.5, 0.6) is 0 Å². The van der Waals surface area contributed by atoms with Crippen LogP contribution in [-0.4, -0.2) is 30.9 Å². The van der Waals surface area contributed by atoms with E-state index in [-0.39, 0.29) is 16.8 Å². The highest BCUT2D eigenvalue weighted by molar-refractivity contribution is 7.99. The first kappa shape index (κ1) is 12.7. The average molecular weight is 273 g/mol. The van der Waals surface area contributed by atoms with Crippen LogP contribution in [0.4, 0.5) is 5.82 Å². The van der Waals surface area contributed by atoms with Crippen LogP contribution >= 0.6 is 11.8 Å². The number of thioether (sulfide) groups is 1. The lowest BCUT2D eigenvalue weighted by Crippen LogP contribution is -2.37. The summed E-state index contributed by atoms with van der Waals surface area (Å²) in [5.41, 5.74) is 5.48. The summed E-state index contributed by atoms with van der Waals surface area (Å²) in [6.45, 7) is 0. The minimum absolute atomic E-state index is 0.0376. The van der Waals surface area contributed by atoms with Crippen molar-refractivity contribution in [2.24, 2.45) is 0 Å². The molecule has 7 heteroatoms. The van der Waals surface area contributed by atoms with E-state index in [2.05, 4.69) is 9.71 Å². The van der Waals surface area contributed by atoms with Crippen LogP contribution in [0.25, 0.3) is 0 Å². The Morgan fingerprint density at radius 1 is 1.41 bits per heavy atom. The van der Waals surface area contributed by atoms with Crippen LogP contribution in [0.3, 0.4) is 0 Å². The lowest BCUT2D eigenvalue weighted by Gasteiger charge is -2.22. The standard InChI is InChI=1S/C10H15N3O2S2/c11-10-7-9(1-4-12-10)17(14,15)13-8-2-5-16-6-3-8/h1,4,7-8,13H,2-3,5-6H2,(H2,11,12). The summed E-state index contributed by atoms with van der Waals surface area (Å²) >= 11 is 1.86. The third-order valence-corrected chi connectivity index (χ3v) is 5.17. The van der Waals surface area contributed by atoms with E-state index in [1.165, 1.54) is 18.3 Å². The molecule has 0 spiro atoms. The van der Waals surface area contributed by atoms with Crippen molar-refractivity contribution in [1.29, 1.82) is 0 Å². The minimum Gasteiger partial charge on any atom is -0.384 e. The molecule has 3 N–H and O–H groups in total. The number of hydrogen-bond donors (Lipinski definition) is 2. The van der Waals surface area contributed by atoms with Crippen LogP contribution < -0.4 is 10.5 Å². The topological polar surface area (TPSA) is 85.1 Å². The van der Waals surface area contributed by atoms with Crippen LogP contribution in [-0.2, 0) is 10.0 Å². The van der Waals surface area contributed by atoms with Gasteiger partial charge in [0.15, 0.2) is 0 Å². The van der Waals surface area contributed by atoms with E-state index in [1.807, 2.05) is 11.8 Å². The molecule has 94 valence electrons. The van der Waals surface area contributed by atoms with E-state index < -0.39 is 10.0 Å². The van der Waals surface area contributed by atoms with Crippen LogP contribution in [0, 0.1) is 0 Å². The molecule has 2 heterocycles. The second-order valence-electron chi connectivity index (χ2n) is 3.92. The summed E-state index contributed by atoms with van der Waals surface area (Å²) < 4.78 is 26.8. The van der Waals surface area contributed by atoms with Gasteiger partial charge in [-0.05, 0) is 30.4 Å². The molecule has 2 rings (SSSR count). The molecule has 17 heavy (non-hydrogen) atoms. The fourth-order valence-corrected chi connectivity index (χ4v) is 4.13. The van der Waals surface area contributed by atoms with Gasteiger partial charge in [0.25, 0.3) is 0 Å². The van der Waals surface area contributed by atoms with Gasteiger partial charge in [0.1, 0.15) is 5.82 Å². The average Bonchev–Trinajstić information content (AvgIpc) is 2.30. The maximum atomic E-state index is 12.1. The van der Waals surface area contributed by atoms with Crippen molar-refractivity contribution in [3.8, 4) is 0 Å². The van der Waals surface area contributed by atoms with Gasteiger partial charge in [-0.3, -0.25) is 0 Å². The first-order chi connectivity index (χ1) is 8.08. The molecule has 5 nitrogen and oxygen atoms in total. The van der Waals surface area contributed by atoms with Gasteiger partial charge in [-0.2, -0.15) is 11.8 Å². The number of aromatic nitrogens is 1. The molecule has 1 aromatic heterocycles. The van der Waals surface area contributed by atoms with Crippen LogP contribution in [0.2, 0.25) is 0 Å². The lowest BCUT2D eigenvalue weighted by molar-refractivity contribution is 0.529. The Kier molecular flexibility index (Phi) is 3.90. The lowest BCUT2D eigenvalue weighted by atomic mass is 10.2. The zero-order valence-electron chi connectivity index (χ0n) is 9.30. The normalized spacial score (nSPS) is 18.1. The fourth-order valence-electron chi connectivity index (χ4n) is 1.70. The van der Waals surface area contributed by atoms with E-state index in [1.54, 1.807) is 0 Å². The highest BCUT2D eigenvalue weighted by Gasteiger charge is 2.22. The number of nitrogen functional groups attached to an aromatic ring is 1. The van der Waals surface area contributed by atoms with Gasteiger partial charge in [-0.25, -0.2) is 18.1 Å². The maximum Gasteiger partial charge on any atom is 0.241 e. The summed E-state index contributed by atoms with van der Waals surface area (Å²) in [6.07, 6.45) is 3.16. The number of nitrogens with two attached hydrogens (primary N) is 1. The predicted octanol–water partition coefficient (Wildman–Crippen LogP) is 0.838. The van der Waals surface area contributed by atoms with E-state index in [0.717, 1.165) is 24.3 Å². The molecule has 0 amide bonds. The van der Waals surface area contributed by atoms with E-state index in [0.29, 0.717) is 0 Å². The number of nitrogens with one attached hydrogen (secondary N) is 1. The largest absolute Gasteiger partial charge is 0.384 e. The zero-order chi connectivity index (χ0) is 12.3. The summed E-state index contributed by atoms with van der Waals surface area (Å²) in [5, 5.41) is 0. The quantitative estimate of drug-likeness (QED) is 0.852. The van der Waals surface area contributed by atoms with Gasteiger partial charge in [0.2, 0.25) is 10.0 Å². The third-order valence-electron chi connectivity index (χ3n) is 2.61. The van der Waals surface area contributed by atoms with Gasteiger partial charge in [0.05, 0.1) is 4.90 Å². The second kappa shape index (κ2) is 5.24. The van der Waals surface area contributed by atoms with E-state index >= 15 is 0 Å². The molecule has 0 unspecified atom stereocenters. The molecule has 0 bridgehead atoms. The zero-order valence-corrected chi connectivity index (χ0v) is 10.9. The summed E-state index contributed by atoms with van der Waals surface area (Å²) in [5.74, 6) is 2.23. The van der Waals surface area contributed by atoms with E-state index in [9.17, 15) is 8.42 Å². The highest BCUT2D eigenvalue weighted by Crippen LogP contribution is 2.19. The van der Waals surface area contributed by atoms with Gasteiger partial charge in [-0.15, -0.1) is 0 Å². The SMILES string of the molecule is Nc1cc(S(=O)(=O)NC2CCSCC2)ccn1. The molecular weight excluding hydrogens is 258 g/mol. The third kappa shape index (κ3) is 3.34. The molecule has 0 saturated carbocycles. The van der Waals surface area contributed by atoms with E-state index in [4.69, 9.17) is 5.73 Å². The molecule has 1 fully saturated rings. The predicted molar refractivity (Wildman–Crippen MR) is 69.3 cm³/mol. The molecule has 0 aliphatic carbocycles. The van der Waals surface area contributed by atoms with Gasteiger partial charge in [0, 0.05) is 18.3 Å². The Labute approximate surface area is 105 Å². The van der Waals surface area contributed by atoms with Gasteiger partial charge in [-0.1, -0.05) is 0 Å². The molecular formula is C10H15N3O2S2. The number of anilines is 1. The Morgan fingerprint density at radius 3 is 2.76 bits per heavy atom.